The quantitative estimate of drug-likeness (QED) is 0.595. The molecule has 0 aliphatic rings. The number of amides is 1. The van der Waals surface area contributed by atoms with Gasteiger partial charge in [-0.15, -0.1) is 0 Å². The van der Waals surface area contributed by atoms with Crippen molar-refractivity contribution >= 4 is 28.9 Å². The molecule has 0 spiro atoms. The highest BCUT2D eigenvalue weighted by Gasteiger charge is 2.09. The molecule has 0 atom stereocenters. The maximum Gasteiger partial charge on any atom is 0.255 e. The van der Waals surface area contributed by atoms with Gasteiger partial charge in [0.05, 0.1) is 16.4 Å². The van der Waals surface area contributed by atoms with Gasteiger partial charge < -0.3 is 10.7 Å². The summed E-state index contributed by atoms with van der Waals surface area (Å²) in [5.41, 5.74) is 5.39. The van der Waals surface area contributed by atoms with Crippen molar-refractivity contribution in [2.75, 3.05) is 10.7 Å². The van der Waals surface area contributed by atoms with E-state index < -0.39 is 0 Å². The summed E-state index contributed by atoms with van der Waals surface area (Å²) in [6.45, 7) is 1.88. The molecule has 0 aromatic heterocycles. The summed E-state index contributed by atoms with van der Waals surface area (Å²) < 4.78 is 0. The van der Waals surface area contributed by atoms with Crippen LogP contribution in [0.2, 0.25) is 5.02 Å². The standard InChI is InChI=1S/C14H14ClN3O/c1-9-8-10(6-7-12(9)18-16)14(19)17-13-5-3-2-4-11(13)15/h2-8,18H,16H2,1H3,(H,17,19). The average Bonchev–Trinajstić information content (AvgIpc) is 2.41. The van der Waals surface area contributed by atoms with Crippen LogP contribution in [0.3, 0.4) is 0 Å². The Morgan fingerprint density at radius 1 is 1.16 bits per heavy atom. The topological polar surface area (TPSA) is 67.2 Å². The van der Waals surface area contributed by atoms with Crippen LogP contribution in [0, 0.1) is 6.92 Å². The number of hydrogen-bond donors (Lipinski definition) is 3. The molecule has 0 unspecified atom stereocenters. The maximum atomic E-state index is 12.1. The summed E-state index contributed by atoms with van der Waals surface area (Å²) in [6.07, 6.45) is 0. The van der Waals surface area contributed by atoms with Crippen molar-refractivity contribution in [3.63, 3.8) is 0 Å². The zero-order valence-corrected chi connectivity index (χ0v) is 11.2. The molecule has 0 bridgehead atoms. The second-order valence-electron chi connectivity index (χ2n) is 4.11. The molecule has 2 aromatic carbocycles. The lowest BCUT2D eigenvalue weighted by atomic mass is 10.1. The third-order valence-corrected chi connectivity index (χ3v) is 3.10. The van der Waals surface area contributed by atoms with E-state index in [2.05, 4.69) is 10.7 Å². The fraction of sp³-hybridized carbons (Fsp3) is 0.0714. The first-order valence-electron chi connectivity index (χ1n) is 5.75. The first-order valence-corrected chi connectivity index (χ1v) is 6.13. The van der Waals surface area contributed by atoms with Crippen LogP contribution in [0.15, 0.2) is 42.5 Å². The Morgan fingerprint density at radius 2 is 1.89 bits per heavy atom. The summed E-state index contributed by atoms with van der Waals surface area (Å²) >= 11 is 5.99. The smallest absolute Gasteiger partial charge is 0.255 e. The normalized spacial score (nSPS) is 10.1. The summed E-state index contributed by atoms with van der Waals surface area (Å²) in [4.78, 5) is 12.1. The Morgan fingerprint density at radius 3 is 2.53 bits per heavy atom. The summed E-state index contributed by atoms with van der Waals surface area (Å²) in [5, 5.41) is 3.28. The Kier molecular flexibility index (Phi) is 4.04. The fourth-order valence-corrected chi connectivity index (χ4v) is 1.91. The molecule has 98 valence electrons. The third-order valence-electron chi connectivity index (χ3n) is 2.77. The van der Waals surface area contributed by atoms with Gasteiger partial charge in [-0.25, -0.2) is 0 Å². The van der Waals surface area contributed by atoms with Gasteiger partial charge in [-0.2, -0.15) is 0 Å². The molecule has 0 saturated carbocycles. The van der Waals surface area contributed by atoms with E-state index >= 15 is 0 Å². The average molecular weight is 276 g/mol. The summed E-state index contributed by atoms with van der Waals surface area (Å²) in [5.74, 6) is 5.14. The zero-order valence-electron chi connectivity index (χ0n) is 10.4. The first-order chi connectivity index (χ1) is 9.11. The molecule has 0 saturated heterocycles. The molecular formula is C14H14ClN3O. The second-order valence-corrected chi connectivity index (χ2v) is 4.52. The number of carbonyl (C=O) groups is 1. The predicted molar refractivity (Wildman–Crippen MR) is 78.4 cm³/mol. The van der Waals surface area contributed by atoms with E-state index in [0.29, 0.717) is 16.3 Å². The summed E-state index contributed by atoms with van der Waals surface area (Å²) in [6, 6.07) is 12.3. The fourth-order valence-electron chi connectivity index (χ4n) is 1.72. The van der Waals surface area contributed by atoms with Crippen molar-refractivity contribution < 1.29 is 4.79 Å². The number of para-hydroxylation sites is 1. The number of carbonyl (C=O) groups excluding carboxylic acids is 1. The minimum absolute atomic E-state index is 0.209. The number of aryl methyl sites for hydroxylation is 1. The van der Waals surface area contributed by atoms with Gasteiger partial charge in [-0.05, 0) is 42.8 Å². The molecule has 2 aromatic rings. The highest BCUT2D eigenvalue weighted by molar-refractivity contribution is 6.33. The van der Waals surface area contributed by atoms with Crippen molar-refractivity contribution in [1.82, 2.24) is 0 Å². The van der Waals surface area contributed by atoms with Crippen LogP contribution in [0.4, 0.5) is 11.4 Å². The molecule has 19 heavy (non-hydrogen) atoms. The number of nitrogens with two attached hydrogens (primary N) is 1. The van der Waals surface area contributed by atoms with Gasteiger partial charge >= 0.3 is 0 Å². The van der Waals surface area contributed by atoms with Crippen LogP contribution >= 0.6 is 11.6 Å². The van der Waals surface area contributed by atoms with Gasteiger partial charge in [-0.3, -0.25) is 10.6 Å². The van der Waals surface area contributed by atoms with Crippen molar-refractivity contribution in [2.24, 2.45) is 5.84 Å². The van der Waals surface area contributed by atoms with Crippen molar-refractivity contribution in [3.8, 4) is 0 Å². The first kappa shape index (κ1) is 13.4. The molecule has 1 amide bonds. The number of benzene rings is 2. The number of halogens is 1. The summed E-state index contributed by atoms with van der Waals surface area (Å²) in [7, 11) is 0. The van der Waals surface area contributed by atoms with E-state index in [1.807, 2.05) is 19.1 Å². The SMILES string of the molecule is Cc1cc(C(=O)Nc2ccccc2Cl)ccc1NN. The number of anilines is 2. The molecule has 0 aliphatic heterocycles. The number of hydrogen-bond acceptors (Lipinski definition) is 3. The highest BCUT2D eigenvalue weighted by Crippen LogP contribution is 2.22. The Balaban J connectivity index is 2.21. The molecule has 0 aliphatic carbocycles. The highest BCUT2D eigenvalue weighted by atomic mass is 35.5. The molecule has 0 fully saturated rings. The molecule has 4 nitrogen and oxygen atoms in total. The lowest BCUT2D eigenvalue weighted by Crippen LogP contribution is -2.13. The monoisotopic (exact) mass is 275 g/mol. The molecule has 2 rings (SSSR count). The van der Waals surface area contributed by atoms with Gasteiger partial charge in [0.1, 0.15) is 0 Å². The Hall–Kier alpha value is -2.04. The van der Waals surface area contributed by atoms with Gasteiger partial charge in [0.2, 0.25) is 0 Å². The number of hydrazine groups is 1. The minimum Gasteiger partial charge on any atom is -0.324 e. The van der Waals surface area contributed by atoms with E-state index in [0.717, 1.165) is 11.3 Å². The van der Waals surface area contributed by atoms with Gasteiger partial charge in [0.25, 0.3) is 5.91 Å². The largest absolute Gasteiger partial charge is 0.324 e. The molecule has 5 heteroatoms. The molecule has 0 radical (unpaired) electrons. The number of nitrogens with one attached hydrogen (secondary N) is 2. The maximum absolute atomic E-state index is 12.1. The van der Waals surface area contributed by atoms with Crippen LogP contribution in [0.1, 0.15) is 15.9 Å². The van der Waals surface area contributed by atoms with E-state index in [4.69, 9.17) is 17.4 Å². The molecular weight excluding hydrogens is 262 g/mol. The Bertz CT molecular complexity index is 613. The number of nitrogen functional groups attached to an aromatic ring is 1. The molecule has 0 heterocycles. The van der Waals surface area contributed by atoms with Crippen LogP contribution in [-0.2, 0) is 0 Å². The van der Waals surface area contributed by atoms with E-state index in [1.54, 1.807) is 30.3 Å². The lowest BCUT2D eigenvalue weighted by molar-refractivity contribution is 0.102. The van der Waals surface area contributed by atoms with Crippen LogP contribution in [0.25, 0.3) is 0 Å². The number of rotatable bonds is 3. The minimum atomic E-state index is -0.209. The van der Waals surface area contributed by atoms with Gasteiger partial charge in [0.15, 0.2) is 0 Å². The molecule has 4 N–H and O–H groups in total. The van der Waals surface area contributed by atoms with Crippen LogP contribution < -0.4 is 16.6 Å². The van der Waals surface area contributed by atoms with E-state index in [1.165, 1.54) is 0 Å². The van der Waals surface area contributed by atoms with Crippen molar-refractivity contribution in [3.05, 3.63) is 58.6 Å². The van der Waals surface area contributed by atoms with Crippen molar-refractivity contribution in [2.45, 2.75) is 6.92 Å². The third kappa shape index (κ3) is 3.05. The van der Waals surface area contributed by atoms with Crippen LogP contribution in [0.5, 0.6) is 0 Å². The van der Waals surface area contributed by atoms with Crippen LogP contribution in [-0.4, -0.2) is 5.91 Å². The van der Waals surface area contributed by atoms with Gasteiger partial charge in [-0.1, -0.05) is 23.7 Å². The zero-order chi connectivity index (χ0) is 13.8. The van der Waals surface area contributed by atoms with Gasteiger partial charge in [0, 0.05) is 5.56 Å². The van der Waals surface area contributed by atoms with Crippen molar-refractivity contribution in [1.29, 1.82) is 0 Å². The predicted octanol–water partition coefficient (Wildman–Crippen LogP) is 3.19. The lowest BCUT2D eigenvalue weighted by Gasteiger charge is -2.09. The van der Waals surface area contributed by atoms with E-state index in [-0.39, 0.29) is 5.91 Å². The second kappa shape index (κ2) is 5.73. The Labute approximate surface area is 116 Å². The van der Waals surface area contributed by atoms with E-state index in [9.17, 15) is 4.79 Å².